The summed E-state index contributed by atoms with van der Waals surface area (Å²) in [7, 11) is 1.64. The number of hydrogen-bond donors (Lipinski definition) is 1. The zero-order chi connectivity index (χ0) is 23.9. The van der Waals surface area contributed by atoms with Gasteiger partial charge >= 0.3 is 0 Å². The lowest BCUT2D eigenvalue weighted by Crippen LogP contribution is -2.65. The predicted molar refractivity (Wildman–Crippen MR) is 133 cm³/mol. The lowest BCUT2D eigenvalue weighted by atomic mass is 9.89. The topological polar surface area (TPSA) is 63.6 Å². The molecule has 178 valence electrons. The maximum absolute atomic E-state index is 14.1. The predicted octanol–water partition coefficient (Wildman–Crippen LogP) is 5.07. The van der Waals surface area contributed by atoms with Gasteiger partial charge in [0.05, 0.1) is 25.2 Å². The Labute approximate surface area is 200 Å². The average molecular weight is 460 g/mol. The Balaban J connectivity index is 1.60. The van der Waals surface area contributed by atoms with Gasteiger partial charge in [-0.15, -0.1) is 0 Å². The Morgan fingerprint density at radius 2 is 1.82 bits per heavy atom. The molecule has 2 heterocycles. The van der Waals surface area contributed by atoms with E-state index in [1.807, 2.05) is 73.0 Å². The first-order valence-electron chi connectivity index (χ1n) is 12.3. The van der Waals surface area contributed by atoms with E-state index in [1.54, 1.807) is 12.0 Å². The minimum atomic E-state index is -1.04. The van der Waals surface area contributed by atoms with Gasteiger partial charge in [-0.25, -0.2) is 0 Å². The third-order valence-corrected chi connectivity index (χ3v) is 7.65. The van der Waals surface area contributed by atoms with Crippen molar-refractivity contribution in [1.29, 1.82) is 0 Å². The molecule has 0 radical (unpaired) electrons. The van der Waals surface area contributed by atoms with E-state index in [-0.39, 0.29) is 23.9 Å². The molecule has 1 aliphatic carbocycles. The molecular weight excluding hydrogens is 426 g/mol. The van der Waals surface area contributed by atoms with Gasteiger partial charge in [-0.2, -0.15) is 0 Å². The summed E-state index contributed by atoms with van der Waals surface area (Å²) in [6, 6.07) is 17.6. The number of rotatable bonds is 5. The van der Waals surface area contributed by atoms with E-state index in [1.165, 1.54) is 6.42 Å². The fraction of sp³-hybridized carbons (Fsp3) is 0.429. The third-order valence-electron chi connectivity index (χ3n) is 7.65. The third kappa shape index (κ3) is 3.75. The maximum Gasteiger partial charge on any atom is 0.271 e. The van der Waals surface area contributed by atoms with Crippen LogP contribution in [0.5, 0.6) is 5.75 Å². The van der Waals surface area contributed by atoms with Gasteiger partial charge in [0.2, 0.25) is 5.91 Å². The second-order valence-electron chi connectivity index (χ2n) is 9.88. The van der Waals surface area contributed by atoms with Crippen molar-refractivity contribution in [2.24, 2.45) is 0 Å². The molecule has 1 saturated carbocycles. The Morgan fingerprint density at radius 1 is 1.09 bits per heavy atom. The molecule has 1 N–H and O–H groups in total. The summed E-state index contributed by atoms with van der Waals surface area (Å²) in [5.74, 6) is 0.527. The summed E-state index contributed by atoms with van der Waals surface area (Å²) in [4.78, 5) is 29.8. The maximum atomic E-state index is 14.1. The standard InChI is InChI=1S/C28H33N3O3/c1-19(20-10-6-4-7-11-20)31-26(32)25-16-21-14-15-23(34-3)17-24(21)30(25)18-28(31,2)27(33)29-22-12-8-5-9-13-22/h4,6-7,10-11,14-17,19,22H,5,8-9,12-13,18H2,1-3H3,(H,29,33). The first-order valence-corrected chi connectivity index (χ1v) is 12.3. The van der Waals surface area contributed by atoms with Crippen LogP contribution in [0.15, 0.2) is 54.6 Å². The second kappa shape index (κ2) is 8.82. The summed E-state index contributed by atoms with van der Waals surface area (Å²) in [5.41, 5.74) is 1.49. The number of nitrogens with one attached hydrogen (secondary N) is 1. The molecule has 3 aromatic rings. The van der Waals surface area contributed by atoms with E-state index in [9.17, 15) is 9.59 Å². The Kier molecular flexibility index (Phi) is 5.84. The molecule has 1 aliphatic heterocycles. The number of carbonyl (C=O) groups excluding carboxylic acids is 2. The molecule has 2 aliphatic rings. The van der Waals surface area contributed by atoms with Crippen LogP contribution >= 0.6 is 0 Å². The Bertz CT molecular complexity index is 1210. The first-order chi connectivity index (χ1) is 16.4. The molecule has 1 fully saturated rings. The van der Waals surface area contributed by atoms with Crippen LogP contribution in [0, 0.1) is 0 Å². The Morgan fingerprint density at radius 3 is 2.53 bits per heavy atom. The number of methoxy groups -OCH3 is 1. The van der Waals surface area contributed by atoms with Crippen LogP contribution in [0.25, 0.3) is 10.9 Å². The fourth-order valence-corrected chi connectivity index (χ4v) is 5.69. The van der Waals surface area contributed by atoms with Crippen LogP contribution in [-0.2, 0) is 11.3 Å². The van der Waals surface area contributed by atoms with Gasteiger partial charge in [0.15, 0.2) is 0 Å². The molecule has 2 atom stereocenters. The normalized spacial score (nSPS) is 21.9. The molecule has 5 rings (SSSR count). The van der Waals surface area contributed by atoms with Crippen molar-refractivity contribution in [3.63, 3.8) is 0 Å². The summed E-state index contributed by atoms with van der Waals surface area (Å²) >= 11 is 0. The average Bonchev–Trinajstić information content (AvgIpc) is 3.22. The smallest absolute Gasteiger partial charge is 0.271 e. The number of carbonyl (C=O) groups is 2. The number of fused-ring (bicyclic) bond motifs is 3. The van der Waals surface area contributed by atoms with Gasteiger partial charge < -0.3 is 19.5 Å². The van der Waals surface area contributed by atoms with Crippen LogP contribution in [0.2, 0.25) is 0 Å². The van der Waals surface area contributed by atoms with Gasteiger partial charge in [-0.05, 0) is 50.5 Å². The van der Waals surface area contributed by atoms with Crippen molar-refractivity contribution >= 4 is 22.7 Å². The molecule has 0 saturated heterocycles. The van der Waals surface area contributed by atoms with Crippen molar-refractivity contribution in [1.82, 2.24) is 14.8 Å². The van der Waals surface area contributed by atoms with Gasteiger partial charge in [0, 0.05) is 17.5 Å². The molecule has 6 heteroatoms. The molecule has 34 heavy (non-hydrogen) atoms. The largest absolute Gasteiger partial charge is 0.497 e. The van der Waals surface area contributed by atoms with Gasteiger partial charge in [0.1, 0.15) is 17.0 Å². The summed E-state index contributed by atoms with van der Waals surface area (Å²) in [6.07, 6.45) is 5.49. The molecule has 2 unspecified atom stereocenters. The minimum absolute atomic E-state index is 0.0778. The number of aromatic nitrogens is 1. The second-order valence-corrected chi connectivity index (χ2v) is 9.88. The van der Waals surface area contributed by atoms with Crippen LogP contribution in [0.3, 0.4) is 0 Å². The lowest BCUT2D eigenvalue weighted by Gasteiger charge is -2.47. The summed E-state index contributed by atoms with van der Waals surface area (Å²) in [5, 5.41) is 4.27. The van der Waals surface area contributed by atoms with E-state index in [0.29, 0.717) is 12.2 Å². The van der Waals surface area contributed by atoms with E-state index >= 15 is 0 Å². The zero-order valence-corrected chi connectivity index (χ0v) is 20.2. The number of benzene rings is 2. The number of amides is 2. The molecule has 2 aromatic carbocycles. The van der Waals surface area contributed by atoms with Crippen molar-refractivity contribution in [3.8, 4) is 5.75 Å². The van der Waals surface area contributed by atoms with Crippen molar-refractivity contribution in [3.05, 3.63) is 65.9 Å². The van der Waals surface area contributed by atoms with Gasteiger partial charge in [-0.1, -0.05) is 49.6 Å². The molecule has 0 spiro atoms. The monoisotopic (exact) mass is 459 g/mol. The number of ether oxygens (including phenoxy) is 1. The van der Waals surface area contributed by atoms with Crippen LogP contribution in [-0.4, -0.2) is 40.0 Å². The molecule has 1 aromatic heterocycles. The van der Waals surface area contributed by atoms with Crippen LogP contribution in [0.1, 0.15) is 68.0 Å². The number of nitrogens with zero attached hydrogens (tertiary/aromatic N) is 2. The molecular formula is C28H33N3O3. The number of hydrogen-bond acceptors (Lipinski definition) is 3. The van der Waals surface area contributed by atoms with Crippen molar-refractivity contribution in [2.75, 3.05) is 7.11 Å². The zero-order valence-electron chi connectivity index (χ0n) is 20.2. The highest BCUT2D eigenvalue weighted by Gasteiger charge is 2.50. The minimum Gasteiger partial charge on any atom is -0.497 e. The first kappa shape index (κ1) is 22.5. The van der Waals surface area contributed by atoms with Crippen molar-refractivity contribution in [2.45, 2.75) is 70.1 Å². The van der Waals surface area contributed by atoms with E-state index in [0.717, 1.165) is 47.9 Å². The lowest BCUT2D eigenvalue weighted by molar-refractivity contribution is -0.135. The SMILES string of the molecule is COc1ccc2cc3n(c2c1)CC(C)(C(=O)NC1CCCCC1)N(C(C)c1ccccc1)C3=O. The summed E-state index contributed by atoms with van der Waals surface area (Å²) < 4.78 is 7.43. The molecule has 0 bridgehead atoms. The summed E-state index contributed by atoms with van der Waals surface area (Å²) in [6.45, 7) is 4.32. The van der Waals surface area contributed by atoms with E-state index in [2.05, 4.69) is 5.32 Å². The van der Waals surface area contributed by atoms with E-state index < -0.39 is 5.54 Å². The Hall–Kier alpha value is -3.28. The van der Waals surface area contributed by atoms with Crippen LogP contribution < -0.4 is 10.1 Å². The van der Waals surface area contributed by atoms with Gasteiger partial charge in [-0.3, -0.25) is 9.59 Å². The highest BCUT2D eigenvalue weighted by molar-refractivity contribution is 6.04. The molecule has 2 amide bonds. The van der Waals surface area contributed by atoms with Crippen LogP contribution in [0.4, 0.5) is 0 Å². The van der Waals surface area contributed by atoms with Gasteiger partial charge in [0.25, 0.3) is 5.91 Å². The van der Waals surface area contributed by atoms with E-state index in [4.69, 9.17) is 4.74 Å². The highest BCUT2D eigenvalue weighted by Crippen LogP contribution is 2.39. The fourth-order valence-electron chi connectivity index (χ4n) is 5.69. The highest BCUT2D eigenvalue weighted by atomic mass is 16.5. The quantitative estimate of drug-likeness (QED) is 0.579. The van der Waals surface area contributed by atoms with Crippen molar-refractivity contribution < 1.29 is 14.3 Å². The molecule has 6 nitrogen and oxygen atoms in total.